The fraction of sp³-hybridized carbons (Fsp3) is 0.500. The summed E-state index contributed by atoms with van der Waals surface area (Å²) < 4.78 is 13.6. The number of carbonyl (C=O) groups is 1. The molecule has 0 aromatic heterocycles. The first-order chi connectivity index (χ1) is 8.56. The number of ketones is 1. The Morgan fingerprint density at radius 1 is 1.33 bits per heavy atom. The molecule has 4 heteroatoms. The van der Waals surface area contributed by atoms with Crippen molar-refractivity contribution in [3.05, 3.63) is 34.1 Å². The van der Waals surface area contributed by atoms with Crippen LogP contribution in [0.1, 0.15) is 25.8 Å². The van der Waals surface area contributed by atoms with E-state index in [9.17, 15) is 9.18 Å². The van der Waals surface area contributed by atoms with E-state index in [0.29, 0.717) is 17.3 Å². The van der Waals surface area contributed by atoms with Crippen LogP contribution in [0.4, 0.5) is 4.39 Å². The summed E-state index contributed by atoms with van der Waals surface area (Å²) in [6.07, 6.45) is 0.910. The van der Waals surface area contributed by atoms with Crippen molar-refractivity contribution in [3.63, 3.8) is 0 Å². The molecule has 2 nitrogen and oxygen atoms in total. The van der Waals surface area contributed by atoms with Gasteiger partial charge in [-0.1, -0.05) is 35.8 Å². The third-order valence-corrected chi connectivity index (χ3v) is 3.74. The molecule has 1 aromatic rings. The predicted octanol–water partition coefficient (Wildman–Crippen LogP) is 3.43. The number of Topliss-reactive ketones (excluding diaryl/α,β-unsaturated/α-hetero) is 1. The van der Waals surface area contributed by atoms with Crippen molar-refractivity contribution in [2.75, 3.05) is 19.6 Å². The molecule has 0 spiro atoms. The molecule has 0 saturated heterocycles. The second-order valence-electron chi connectivity index (χ2n) is 4.23. The second kappa shape index (κ2) is 7.64. The molecule has 0 fully saturated rings. The lowest BCUT2D eigenvalue weighted by Crippen LogP contribution is -2.26. The van der Waals surface area contributed by atoms with E-state index in [1.807, 2.05) is 0 Å². The van der Waals surface area contributed by atoms with Crippen LogP contribution in [-0.2, 0) is 11.2 Å². The van der Waals surface area contributed by atoms with E-state index in [1.165, 1.54) is 12.1 Å². The first-order valence-corrected chi connectivity index (χ1v) is 7.04. The summed E-state index contributed by atoms with van der Waals surface area (Å²) in [5.41, 5.74) is 0.848. The van der Waals surface area contributed by atoms with Gasteiger partial charge in [-0.2, -0.15) is 0 Å². The van der Waals surface area contributed by atoms with Crippen molar-refractivity contribution in [3.8, 4) is 0 Å². The summed E-state index contributed by atoms with van der Waals surface area (Å²) in [6, 6.07) is 4.44. The van der Waals surface area contributed by atoms with Gasteiger partial charge in [-0.15, -0.1) is 0 Å². The van der Waals surface area contributed by atoms with Gasteiger partial charge in [0, 0.05) is 23.9 Å². The van der Waals surface area contributed by atoms with Crippen LogP contribution >= 0.6 is 15.9 Å². The van der Waals surface area contributed by atoms with Crippen molar-refractivity contribution in [2.24, 2.45) is 0 Å². The standard InChI is InChI=1S/C14H19BrFNO/c1-3-17(4-2)8-7-13(18)9-11-5-6-12(16)10-14(11)15/h5-6,10H,3-4,7-9H2,1-2H3. The van der Waals surface area contributed by atoms with Gasteiger partial charge in [0.2, 0.25) is 0 Å². The molecular weight excluding hydrogens is 297 g/mol. The monoisotopic (exact) mass is 315 g/mol. The van der Waals surface area contributed by atoms with E-state index in [1.54, 1.807) is 6.07 Å². The van der Waals surface area contributed by atoms with E-state index in [0.717, 1.165) is 25.2 Å². The summed E-state index contributed by atoms with van der Waals surface area (Å²) in [5, 5.41) is 0. The van der Waals surface area contributed by atoms with Gasteiger partial charge in [0.1, 0.15) is 11.6 Å². The van der Waals surface area contributed by atoms with Gasteiger partial charge in [-0.25, -0.2) is 4.39 Å². The van der Waals surface area contributed by atoms with E-state index < -0.39 is 0 Å². The number of hydrogen-bond acceptors (Lipinski definition) is 2. The topological polar surface area (TPSA) is 20.3 Å². The molecule has 0 radical (unpaired) electrons. The van der Waals surface area contributed by atoms with E-state index in [-0.39, 0.29) is 11.6 Å². The van der Waals surface area contributed by atoms with Crippen molar-refractivity contribution in [2.45, 2.75) is 26.7 Å². The predicted molar refractivity (Wildman–Crippen MR) is 75.2 cm³/mol. The lowest BCUT2D eigenvalue weighted by Gasteiger charge is -2.17. The summed E-state index contributed by atoms with van der Waals surface area (Å²) >= 11 is 3.28. The van der Waals surface area contributed by atoms with Crippen LogP contribution in [0.5, 0.6) is 0 Å². The molecule has 0 unspecified atom stereocenters. The van der Waals surface area contributed by atoms with Gasteiger partial charge in [0.25, 0.3) is 0 Å². The van der Waals surface area contributed by atoms with E-state index in [2.05, 4.69) is 34.7 Å². The summed E-state index contributed by atoms with van der Waals surface area (Å²) in [4.78, 5) is 14.1. The zero-order chi connectivity index (χ0) is 13.5. The Kier molecular flexibility index (Phi) is 6.50. The zero-order valence-electron chi connectivity index (χ0n) is 10.9. The maximum absolute atomic E-state index is 12.9. The van der Waals surface area contributed by atoms with Gasteiger partial charge >= 0.3 is 0 Å². The van der Waals surface area contributed by atoms with Gasteiger partial charge in [-0.05, 0) is 30.8 Å². The number of carbonyl (C=O) groups excluding carboxylic acids is 1. The van der Waals surface area contributed by atoms with E-state index >= 15 is 0 Å². The molecule has 0 aliphatic heterocycles. The number of rotatable bonds is 7. The fourth-order valence-corrected chi connectivity index (χ4v) is 2.28. The van der Waals surface area contributed by atoms with Crippen molar-refractivity contribution in [1.29, 1.82) is 0 Å². The maximum Gasteiger partial charge on any atom is 0.138 e. The Bertz CT molecular complexity index is 405. The van der Waals surface area contributed by atoms with Crippen LogP contribution in [-0.4, -0.2) is 30.3 Å². The number of hydrogen-bond donors (Lipinski definition) is 0. The Morgan fingerprint density at radius 3 is 2.56 bits per heavy atom. The molecule has 1 rings (SSSR count). The fourth-order valence-electron chi connectivity index (χ4n) is 1.79. The molecule has 0 heterocycles. The Morgan fingerprint density at radius 2 is 2.00 bits per heavy atom. The van der Waals surface area contributed by atoms with Crippen LogP contribution in [0.15, 0.2) is 22.7 Å². The Labute approximate surface area is 116 Å². The molecule has 0 aliphatic carbocycles. The minimum Gasteiger partial charge on any atom is -0.303 e. The molecule has 1 aromatic carbocycles. The molecule has 0 amide bonds. The highest BCUT2D eigenvalue weighted by Gasteiger charge is 2.09. The van der Waals surface area contributed by atoms with Crippen LogP contribution in [0, 0.1) is 5.82 Å². The molecule has 0 atom stereocenters. The third-order valence-electron chi connectivity index (χ3n) is 3.00. The third kappa shape index (κ3) is 4.86. The highest BCUT2D eigenvalue weighted by Crippen LogP contribution is 2.19. The van der Waals surface area contributed by atoms with Crippen LogP contribution in [0.3, 0.4) is 0 Å². The first kappa shape index (κ1) is 15.3. The Hall–Kier alpha value is -0.740. The highest BCUT2D eigenvalue weighted by molar-refractivity contribution is 9.10. The SMILES string of the molecule is CCN(CC)CCC(=O)Cc1ccc(F)cc1Br. The number of benzene rings is 1. The molecule has 0 saturated carbocycles. The maximum atomic E-state index is 12.9. The molecule has 18 heavy (non-hydrogen) atoms. The zero-order valence-corrected chi connectivity index (χ0v) is 12.5. The van der Waals surface area contributed by atoms with Gasteiger partial charge < -0.3 is 4.90 Å². The second-order valence-corrected chi connectivity index (χ2v) is 5.08. The smallest absolute Gasteiger partial charge is 0.138 e. The van der Waals surface area contributed by atoms with Crippen molar-refractivity contribution >= 4 is 21.7 Å². The lowest BCUT2D eigenvalue weighted by molar-refractivity contribution is -0.118. The summed E-state index contributed by atoms with van der Waals surface area (Å²) in [7, 11) is 0. The molecule has 100 valence electrons. The highest BCUT2D eigenvalue weighted by atomic mass is 79.9. The van der Waals surface area contributed by atoms with Crippen molar-refractivity contribution < 1.29 is 9.18 Å². The molecule has 0 aliphatic rings. The average Bonchev–Trinajstić information content (AvgIpc) is 2.34. The first-order valence-electron chi connectivity index (χ1n) is 6.24. The molecular formula is C14H19BrFNO. The van der Waals surface area contributed by atoms with Gasteiger partial charge in [0.05, 0.1) is 0 Å². The largest absolute Gasteiger partial charge is 0.303 e. The molecule has 0 N–H and O–H groups in total. The van der Waals surface area contributed by atoms with Gasteiger partial charge in [-0.3, -0.25) is 4.79 Å². The summed E-state index contributed by atoms with van der Waals surface area (Å²) in [5.74, 6) is -0.101. The Balaban J connectivity index is 2.49. The van der Waals surface area contributed by atoms with Gasteiger partial charge in [0.15, 0.2) is 0 Å². The van der Waals surface area contributed by atoms with Crippen LogP contribution in [0.2, 0.25) is 0 Å². The minimum atomic E-state index is -0.291. The average molecular weight is 316 g/mol. The van der Waals surface area contributed by atoms with E-state index in [4.69, 9.17) is 0 Å². The molecule has 0 bridgehead atoms. The van der Waals surface area contributed by atoms with Crippen molar-refractivity contribution in [1.82, 2.24) is 4.90 Å². The van der Waals surface area contributed by atoms with Crippen LogP contribution < -0.4 is 0 Å². The minimum absolute atomic E-state index is 0.189. The number of nitrogens with zero attached hydrogens (tertiary/aromatic N) is 1. The lowest BCUT2D eigenvalue weighted by atomic mass is 10.1. The quantitative estimate of drug-likeness (QED) is 0.768. The normalized spacial score (nSPS) is 10.9. The number of halogens is 2. The summed E-state index contributed by atoms with van der Waals surface area (Å²) in [6.45, 7) is 6.90. The van der Waals surface area contributed by atoms with Crippen LogP contribution in [0.25, 0.3) is 0 Å².